The van der Waals surface area contributed by atoms with Crippen LogP contribution in [0.15, 0.2) is 54.6 Å². The fourth-order valence-electron chi connectivity index (χ4n) is 4.29. The molecule has 1 atom stereocenters. The molecule has 0 aliphatic carbocycles. The van der Waals surface area contributed by atoms with Gasteiger partial charge < -0.3 is 9.47 Å². The van der Waals surface area contributed by atoms with Gasteiger partial charge in [-0.3, -0.25) is 0 Å². The molecule has 3 aromatic rings. The Kier molecular flexibility index (Phi) is 5.36. The highest BCUT2D eigenvalue weighted by Gasteiger charge is 2.32. The van der Waals surface area contributed by atoms with Gasteiger partial charge in [0.05, 0.1) is 6.61 Å². The van der Waals surface area contributed by atoms with Gasteiger partial charge >= 0.3 is 0 Å². The van der Waals surface area contributed by atoms with Crippen molar-refractivity contribution in [1.29, 1.82) is 0 Å². The van der Waals surface area contributed by atoms with Crippen LogP contribution in [0.1, 0.15) is 64.6 Å². The molecule has 1 heterocycles. The molecule has 1 aliphatic rings. The topological polar surface area (TPSA) is 18.5 Å². The highest BCUT2D eigenvalue weighted by molar-refractivity contribution is 5.62. The van der Waals surface area contributed by atoms with Crippen LogP contribution >= 0.6 is 0 Å². The minimum atomic E-state index is 0.254. The Bertz CT molecular complexity index is 1000. The van der Waals surface area contributed by atoms with E-state index in [0.717, 1.165) is 11.5 Å². The Labute approximate surface area is 174 Å². The van der Waals surface area contributed by atoms with Crippen molar-refractivity contribution in [2.45, 2.75) is 53.1 Å². The molecule has 3 aromatic carbocycles. The van der Waals surface area contributed by atoms with Crippen LogP contribution in [0.25, 0.3) is 0 Å². The van der Waals surface area contributed by atoms with E-state index >= 15 is 0 Å². The van der Waals surface area contributed by atoms with Crippen LogP contribution in [0.3, 0.4) is 0 Å². The number of hydrogen-bond acceptors (Lipinski definition) is 2. The molecular weight excluding hydrogens is 356 g/mol. The lowest BCUT2D eigenvalue weighted by Crippen LogP contribution is -2.06. The highest BCUT2D eigenvalue weighted by Crippen LogP contribution is 2.47. The van der Waals surface area contributed by atoms with E-state index in [1.165, 1.54) is 38.9 Å². The summed E-state index contributed by atoms with van der Waals surface area (Å²) in [5.74, 6) is 2.84. The van der Waals surface area contributed by atoms with Gasteiger partial charge in [0.15, 0.2) is 0 Å². The van der Waals surface area contributed by atoms with Crippen LogP contribution in [0.5, 0.6) is 11.5 Å². The molecule has 0 amide bonds. The molecule has 2 heteroatoms. The van der Waals surface area contributed by atoms with Gasteiger partial charge in [0, 0.05) is 11.5 Å². The van der Waals surface area contributed by atoms with E-state index < -0.39 is 0 Å². The summed E-state index contributed by atoms with van der Waals surface area (Å²) in [6.45, 7) is 12.2. The number of fused-ring (bicyclic) bond motifs is 1. The first kappa shape index (κ1) is 19.6. The van der Waals surface area contributed by atoms with Crippen molar-refractivity contribution in [3.63, 3.8) is 0 Å². The van der Waals surface area contributed by atoms with E-state index in [4.69, 9.17) is 9.47 Å². The van der Waals surface area contributed by atoms with Crippen LogP contribution < -0.4 is 9.47 Å². The van der Waals surface area contributed by atoms with E-state index in [1.807, 2.05) is 6.07 Å². The Hall–Kier alpha value is -2.74. The molecule has 0 radical (unpaired) electrons. The second-order valence-corrected chi connectivity index (χ2v) is 8.41. The zero-order valence-corrected chi connectivity index (χ0v) is 18.1. The Morgan fingerprint density at radius 1 is 0.897 bits per heavy atom. The maximum atomic E-state index is 6.34. The van der Waals surface area contributed by atoms with Gasteiger partial charge in [0.2, 0.25) is 0 Å². The van der Waals surface area contributed by atoms with E-state index in [1.54, 1.807) is 0 Å². The van der Waals surface area contributed by atoms with Crippen LogP contribution in [0, 0.1) is 20.8 Å². The summed E-state index contributed by atoms with van der Waals surface area (Å²) in [6.07, 6.45) is 0. The molecule has 2 nitrogen and oxygen atoms in total. The molecule has 29 heavy (non-hydrogen) atoms. The normalized spacial score (nSPS) is 15.3. The zero-order chi connectivity index (χ0) is 20.5. The molecule has 150 valence electrons. The second-order valence-electron chi connectivity index (χ2n) is 8.41. The smallest absolute Gasteiger partial charge is 0.126 e. The average Bonchev–Trinajstić information content (AvgIpc) is 3.18. The van der Waals surface area contributed by atoms with Crippen molar-refractivity contribution in [1.82, 2.24) is 0 Å². The summed E-state index contributed by atoms with van der Waals surface area (Å²) in [5.41, 5.74) is 8.72. The van der Waals surface area contributed by atoms with Gasteiger partial charge in [0.1, 0.15) is 18.1 Å². The van der Waals surface area contributed by atoms with E-state index in [9.17, 15) is 0 Å². The summed E-state index contributed by atoms with van der Waals surface area (Å²) in [7, 11) is 0. The van der Waals surface area contributed by atoms with Gasteiger partial charge in [-0.2, -0.15) is 0 Å². The molecule has 0 bridgehead atoms. The van der Waals surface area contributed by atoms with Gasteiger partial charge in [-0.1, -0.05) is 68.4 Å². The van der Waals surface area contributed by atoms with E-state index in [0.29, 0.717) is 19.1 Å². The molecule has 0 saturated heterocycles. The van der Waals surface area contributed by atoms with Gasteiger partial charge in [0.25, 0.3) is 0 Å². The Balaban J connectivity index is 1.70. The largest absolute Gasteiger partial charge is 0.492 e. The molecule has 1 aliphatic heterocycles. The quantitative estimate of drug-likeness (QED) is 0.478. The molecule has 0 saturated carbocycles. The van der Waals surface area contributed by atoms with Crippen molar-refractivity contribution >= 4 is 0 Å². The maximum absolute atomic E-state index is 6.34. The lowest BCUT2D eigenvalue weighted by Gasteiger charge is -2.20. The molecule has 1 unspecified atom stereocenters. The number of ether oxygens (including phenoxy) is 2. The summed E-state index contributed by atoms with van der Waals surface area (Å²) in [5, 5.41) is 0. The van der Waals surface area contributed by atoms with E-state index in [2.05, 4.69) is 83.1 Å². The van der Waals surface area contributed by atoms with Gasteiger partial charge in [-0.25, -0.2) is 0 Å². The molecule has 0 spiro atoms. The third-order valence-corrected chi connectivity index (χ3v) is 6.21. The van der Waals surface area contributed by atoms with Crippen molar-refractivity contribution in [3.05, 3.63) is 93.5 Å². The van der Waals surface area contributed by atoms with Crippen molar-refractivity contribution in [3.8, 4) is 11.5 Å². The first-order chi connectivity index (χ1) is 14.0. The third-order valence-electron chi connectivity index (χ3n) is 6.21. The molecular formula is C27H30O2. The van der Waals surface area contributed by atoms with Crippen LogP contribution in [-0.4, -0.2) is 6.61 Å². The van der Waals surface area contributed by atoms with Crippen LogP contribution in [0.2, 0.25) is 0 Å². The number of rotatable bonds is 5. The van der Waals surface area contributed by atoms with Crippen LogP contribution in [0.4, 0.5) is 0 Å². The van der Waals surface area contributed by atoms with E-state index in [-0.39, 0.29) is 5.92 Å². The highest BCUT2D eigenvalue weighted by atomic mass is 16.5. The predicted octanol–water partition coefficient (Wildman–Crippen LogP) is 6.84. The summed E-state index contributed by atoms with van der Waals surface area (Å²) in [4.78, 5) is 0. The lowest BCUT2D eigenvalue weighted by atomic mass is 9.86. The number of benzene rings is 3. The number of hydrogen-bond donors (Lipinski definition) is 0. The zero-order valence-electron chi connectivity index (χ0n) is 18.1. The molecule has 0 fully saturated rings. The standard InChI is InChI=1S/C27H30O2/c1-17(2)22-11-13-23(14-12-22)24-16-29-27-19(4)18(3)26(20(5)25(24)27)28-15-21-9-7-6-8-10-21/h6-14,17,24H,15-16H2,1-5H3. The molecule has 0 N–H and O–H groups in total. The first-order valence-electron chi connectivity index (χ1n) is 10.5. The Morgan fingerprint density at radius 3 is 2.24 bits per heavy atom. The fourth-order valence-corrected chi connectivity index (χ4v) is 4.29. The summed E-state index contributed by atoms with van der Waals surface area (Å²) < 4.78 is 12.5. The summed E-state index contributed by atoms with van der Waals surface area (Å²) >= 11 is 0. The van der Waals surface area contributed by atoms with Crippen molar-refractivity contribution < 1.29 is 9.47 Å². The SMILES string of the molecule is Cc1c(C)c2c(c(C)c1OCc1ccccc1)C(c1ccc(C(C)C)cc1)CO2. The van der Waals surface area contributed by atoms with Gasteiger partial charge in [-0.05, 0) is 60.1 Å². The molecule has 4 rings (SSSR count). The van der Waals surface area contributed by atoms with Crippen molar-refractivity contribution in [2.75, 3.05) is 6.61 Å². The second kappa shape index (κ2) is 7.94. The molecule has 0 aromatic heterocycles. The predicted molar refractivity (Wildman–Crippen MR) is 119 cm³/mol. The minimum Gasteiger partial charge on any atom is -0.492 e. The van der Waals surface area contributed by atoms with Gasteiger partial charge in [-0.15, -0.1) is 0 Å². The van der Waals surface area contributed by atoms with Crippen molar-refractivity contribution in [2.24, 2.45) is 0 Å². The Morgan fingerprint density at radius 2 is 1.59 bits per heavy atom. The van der Waals surface area contributed by atoms with Crippen LogP contribution in [-0.2, 0) is 6.61 Å². The maximum Gasteiger partial charge on any atom is 0.126 e. The fraction of sp³-hybridized carbons (Fsp3) is 0.333. The average molecular weight is 387 g/mol. The monoisotopic (exact) mass is 386 g/mol. The lowest BCUT2D eigenvalue weighted by molar-refractivity contribution is 0.301. The third kappa shape index (κ3) is 3.64. The summed E-state index contributed by atoms with van der Waals surface area (Å²) in [6, 6.07) is 19.4. The minimum absolute atomic E-state index is 0.254. The first-order valence-corrected chi connectivity index (χ1v) is 10.5.